The van der Waals surface area contributed by atoms with Crippen molar-refractivity contribution in [2.24, 2.45) is 23.7 Å². The van der Waals surface area contributed by atoms with E-state index in [1.807, 2.05) is 60.5 Å². The lowest BCUT2D eigenvalue weighted by molar-refractivity contribution is -0.301. The third-order valence-electron chi connectivity index (χ3n) is 13.7. The first kappa shape index (κ1) is 44.9. The van der Waals surface area contributed by atoms with Crippen LogP contribution in [-0.4, -0.2) is 150 Å². The summed E-state index contributed by atoms with van der Waals surface area (Å²) in [6.07, 6.45) is -2.71. The Hall–Kier alpha value is -2.23. The molecule has 318 valence electrons. The molecule has 14 atom stereocenters. The molecule has 12 nitrogen and oxygen atoms in total. The highest BCUT2D eigenvalue weighted by atomic mass is 19.1. The second-order valence-corrected chi connectivity index (χ2v) is 18.6. The molecule has 0 spiro atoms. The van der Waals surface area contributed by atoms with Crippen molar-refractivity contribution in [1.82, 2.24) is 14.7 Å². The Morgan fingerprint density at radius 3 is 2.16 bits per heavy atom. The SMILES string of the molecule is CO[C@]1(C)C[C@H](O[C@H]2[C@H](C)[C@@H](O[C@@H]3O[C@H](C)C[C@H](N(C)C)[C@H]3O)[C@](C)(O)C[C@@H](C)CN(C)C(=O)C3(c4ccc(F)cc4)CCN(CC3)C(=O)[C@@H]2C)C[C@@H](C)[C@@H]1O. The highest BCUT2D eigenvalue weighted by Crippen LogP contribution is 2.43. The fourth-order valence-corrected chi connectivity index (χ4v) is 10.6. The average molecular weight is 792 g/mol. The Morgan fingerprint density at radius 2 is 1.57 bits per heavy atom. The van der Waals surface area contributed by atoms with Crippen molar-refractivity contribution in [2.75, 3.05) is 47.9 Å². The molecule has 6 rings (SSSR count). The maximum atomic E-state index is 14.8. The molecule has 2 bridgehead atoms. The summed E-state index contributed by atoms with van der Waals surface area (Å²) in [5.74, 6) is -2.32. The predicted molar refractivity (Wildman–Crippen MR) is 210 cm³/mol. The molecule has 56 heavy (non-hydrogen) atoms. The van der Waals surface area contributed by atoms with Crippen molar-refractivity contribution in [3.63, 3.8) is 0 Å². The molecule has 1 aromatic carbocycles. The van der Waals surface area contributed by atoms with Crippen LogP contribution in [0.15, 0.2) is 24.3 Å². The summed E-state index contributed by atoms with van der Waals surface area (Å²) in [5.41, 5.74) is -2.66. The second-order valence-electron chi connectivity index (χ2n) is 18.6. The van der Waals surface area contributed by atoms with Gasteiger partial charge in [-0.1, -0.05) is 39.8 Å². The van der Waals surface area contributed by atoms with Gasteiger partial charge in [-0.3, -0.25) is 9.59 Å². The lowest BCUT2D eigenvalue weighted by atomic mass is 9.71. The zero-order chi connectivity index (χ0) is 41.5. The number of hydrogen-bond donors (Lipinski definition) is 3. The van der Waals surface area contributed by atoms with Crippen molar-refractivity contribution >= 4 is 11.8 Å². The monoisotopic (exact) mass is 792 g/mol. The van der Waals surface area contributed by atoms with Gasteiger partial charge < -0.3 is 49.0 Å². The van der Waals surface area contributed by atoms with Gasteiger partial charge in [0.15, 0.2) is 6.29 Å². The van der Waals surface area contributed by atoms with Crippen LogP contribution in [0.25, 0.3) is 0 Å². The molecule has 5 fully saturated rings. The molecule has 0 radical (unpaired) electrons. The van der Waals surface area contributed by atoms with Crippen molar-refractivity contribution < 1.29 is 48.2 Å². The van der Waals surface area contributed by atoms with E-state index in [2.05, 4.69) is 0 Å². The summed E-state index contributed by atoms with van der Waals surface area (Å²) in [6, 6.07) is 5.86. The van der Waals surface area contributed by atoms with Crippen LogP contribution in [0.2, 0.25) is 0 Å². The number of likely N-dealkylation sites (N-methyl/N-ethyl adjacent to an activating group) is 2. The zero-order valence-corrected chi connectivity index (χ0v) is 35.6. The second kappa shape index (κ2) is 17.6. The summed E-state index contributed by atoms with van der Waals surface area (Å²) in [4.78, 5) is 34.8. The number of fused-ring (bicyclic) bond motifs is 12. The van der Waals surface area contributed by atoms with E-state index in [0.717, 1.165) is 0 Å². The number of nitrogens with zero attached hydrogens (tertiary/aromatic N) is 3. The zero-order valence-electron chi connectivity index (χ0n) is 35.6. The smallest absolute Gasteiger partial charge is 0.233 e. The number of rotatable bonds is 7. The molecule has 5 aliphatic rings. The molecular weight excluding hydrogens is 721 g/mol. The minimum absolute atomic E-state index is 0.106. The molecule has 3 N–H and O–H groups in total. The first-order chi connectivity index (χ1) is 26.1. The molecule has 2 amide bonds. The summed E-state index contributed by atoms with van der Waals surface area (Å²) in [5, 5.41) is 35.4. The normalized spacial score (nSPS) is 43.5. The Morgan fingerprint density at radius 1 is 0.946 bits per heavy atom. The topological polar surface area (TPSA) is 141 Å². The molecule has 4 aliphatic heterocycles. The number of benzene rings is 1. The van der Waals surface area contributed by atoms with Crippen LogP contribution in [0, 0.1) is 29.5 Å². The minimum Gasteiger partial charge on any atom is -0.390 e. The lowest BCUT2D eigenvalue weighted by Gasteiger charge is -2.49. The number of carbonyl (C=O) groups excluding carboxylic acids is 2. The molecule has 0 unspecified atom stereocenters. The van der Waals surface area contributed by atoms with Crippen LogP contribution in [0.1, 0.15) is 92.6 Å². The van der Waals surface area contributed by atoms with Gasteiger partial charge in [0, 0.05) is 52.2 Å². The van der Waals surface area contributed by atoms with Crippen molar-refractivity contribution in [3.8, 4) is 0 Å². The average Bonchev–Trinajstić information content (AvgIpc) is 3.14. The third kappa shape index (κ3) is 9.15. The quantitative estimate of drug-likeness (QED) is 0.372. The van der Waals surface area contributed by atoms with E-state index in [0.29, 0.717) is 57.3 Å². The van der Waals surface area contributed by atoms with E-state index >= 15 is 0 Å². The van der Waals surface area contributed by atoms with E-state index in [9.17, 15) is 29.3 Å². The van der Waals surface area contributed by atoms with Crippen LogP contribution in [0.5, 0.6) is 0 Å². The van der Waals surface area contributed by atoms with E-state index in [1.54, 1.807) is 43.0 Å². The standard InChI is InChI=1S/C43H70FN3O9/c1-25-22-41(6,52)37(56-39-34(48)33(45(8)9)21-27(3)54-39)28(4)35(55-32-20-26(2)36(49)42(7,23-32)53-11)29(5)38(50)47-18-16-43(17-19-47,40(51)46(10)24-25)30-12-14-31(44)15-13-30/h12-15,25-29,32-37,39,48-49,52H,16-24H2,1-11H3/t25-,26-,27-,28+,29-,32-,33+,34-,35+,36+,37-,39+,41-,42-/m1/s1. The number of amides is 2. The Balaban J connectivity index is 1.58. The third-order valence-corrected chi connectivity index (χ3v) is 13.7. The van der Waals surface area contributed by atoms with Gasteiger partial charge in [0.25, 0.3) is 0 Å². The minimum atomic E-state index is -1.55. The summed E-state index contributed by atoms with van der Waals surface area (Å²) >= 11 is 0. The van der Waals surface area contributed by atoms with Crippen molar-refractivity contribution in [3.05, 3.63) is 35.6 Å². The van der Waals surface area contributed by atoms with Crippen LogP contribution in [0.4, 0.5) is 4.39 Å². The molecule has 1 saturated carbocycles. The van der Waals surface area contributed by atoms with Gasteiger partial charge in [-0.05, 0) is 96.5 Å². The molecule has 13 heteroatoms. The Bertz CT molecular complexity index is 1490. The molecule has 4 saturated heterocycles. The summed E-state index contributed by atoms with van der Waals surface area (Å²) in [7, 11) is 7.16. The largest absolute Gasteiger partial charge is 0.390 e. The van der Waals surface area contributed by atoms with Gasteiger partial charge >= 0.3 is 0 Å². The van der Waals surface area contributed by atoms with Crippen LogP contribution in [-0.2, 0) is 34.0 Å². The van der Waals surface area contributed by atoms with Crippen LogP contribution in [0.3, 0.4) is 0 Å². The lowest BCUT2D eigenvalue weighted by Crippen LogP contribution is -2.60. The van der Waals surface area contributed by atoms with Gasteiger partial charge in [-0.15, -0.1) is 0 Å². The van der Waals surface area contributed by atoms with Gasteiger partial charge in [-0.25, -0.2) is 4.39 Å². The highest BCUT2D eigenvalue weighted by molar-refractivity contribution is 5.89. The maximum Gasteiger partial charge on any atom is 0.233 e. The summed E-state index contributed by atoms with van der Waals surface area (Å²) in [6.45, 7) is 14.2. The van der Waals surface area contributed by atoms with E-state index in [-0.39, 0.29) is 54.1 Å². The number of aliphatic hydroxyl groups excluding tert-OH is 2. The van der Waals surface area contributed by atoms with Gasteiger partial charge in [-0.2, -0.15) is 0 Å². The van der Waals surface area contributed by atoms with Gasteiger partial charge in [0.1, 0.15) is 11.9 Å². The van der Waals surface area contributed by atoms with E-state index in [4.69, 9.17) is 18.9 Å². The van der Waals surface area contributed by atoms with Crippen LogP contribution < -0.4 is 0 Å². The maximum absolute atomic E-state index is 14.8. The molecule has 1 aromatic rings. The van der Waals surface area contributed by atoms with E-state index in [1.165, 1.54) is 12.1 Å². The first-order valence-corrected chi connectivity index (χ1v) is 20.7. The Labute approximate surface area is 334 Å². The van der Waals surface area contributed by atoms with Crippen LogP contribution >= 0.6 is 0 Å². The molecule has 1 aliphatic carbocycles. The Kier molecular flexibility index (Phi) is 14.1. The fraction of sp³-hybridized carbons (Fsp3) is 0.814. The number of piperidine rings is 1. The number of aliphatic hydroxyl groups is 3. The van der Waals surface area contributed by atoms with E-state index < -0.39 is 59.2 Å². The highest BCUT2D eigenvalue weighted by Gasteiger charge is 2.52. The summed E-state index contributed by atoms with van der Waals surface area (Å²) < 4.78 is 40.2. The molecule has 0 aromatic heterocycles. The molecular formula is C43H70FN3O9. The predicted octanol–water partition coefficient (Wildman–Crippen LogP) is 3.97. The number of carbonyl (C=O) groups is 2. The van der Waals surface area contributed by atoms with Crippen molar-refractivity contribution in [2.45, 2.75) is 153 Å². The fourth-order valence-electron chi connectivity index (χ4n) is 10.6. The van der Waals surface area contributed by atoms with Gasteiger partial charge in [0.2, 0.25) is 11.8 Å². The number of halogens is 1. The number of methoxy groups -OCH3 is 1. The number of ether oxygens (including phenoxy) is 4. The first-order valence-electron chi connectivity index (χ1n) is 20.7. The van der Waals surface area contributed by atoms with Crippen molar-refractivity contribution in [1.29, 1.82) is 0 Å². The number of hydrogen-bond acceptors (Lipinski definition) is 10. The van der Waals surface area contributed by atoms with Gasteiger partial charge in [0.05, 0.1) is 53.1 Å². The molecule has 4 heterocycles.